The van der Waals surface area contributed by atoms with Crippen molar-refractivity contribution in [2.24, 2.45) is 11.7 Å². The van der Waals surface area contributed by atoms with Crippen LogP contribution in [0.25, 0.3) is 0 Å². The molecule has 0 aliphatic rings. The molecular formula is C14H19ClN2OS. The van der Waals surface area contributed by atoms with Crippen LogP contribution in [0.3, 0.4) is 0 Å². The van der Waals surface area contributed by atoms with Crippen LogP contribution in [-0.4, -0.2) is 22.8 Å². The highest BCUT2D eigenvalue weighted by Crippen LogP contribution is 2.15. The first kappa shape index (κ1) is 15.9. The molecule has 0 heterocycles. The van der Waals surface area contributed by atoms with Gasteiger partial charge in [-0.15, -0.1) is 0 Å². The predicted octanol–water partition coefficient (Wildman–Crippen LogP) is 3.00. The summed E-state index contributed by atoms with van der Waals surface area (Å²) in [5.41, 5.74) is 6.63. The molecule has 0 fully saturated rings. The number of thiocarbonyl (C=S) groups is 1. The summed E-state index contributed by atoms with van der Waals surface area (Å²) in [5.74, 6) is -0.404. The first-order valence-electron chi connectivity index (χ1n) is 6.24. The molecule has 1 aromatic rings. The topological polar surface area (TPSA) is 46.3 Å². The van der Waals surface area contributed by atoms with E-state index in [2.05, 4.69) is 0 Å². The van der Waals surface area contributed by atoms with E-state index in [-0.39, 0.29) is 16.8 Å². The maximum atomic E-state index is 12.3. The molecule has 0 aliphatic carbocycles. The Balaban J connectivity index is 2.73. The number of carbonyl (C=O) groups is 1. The van der Waals surface area contributed by atoms with Crippen molar-refractivity contribution in [2.45, 2.75) is 26.3 Å². The minimum atomic E-state index is -0.371. The van der Waals surface area contributed by atoms with E-state index in [0.717, 1.165) is 12.0 Å². The molecule has 0 spiro atoms. The van der Waals surface area contributed by atoms with Crippen LogP contribution in [0.15, 0.2) is 24.3 Å². The van der Waals surface area contributed by atoms with Crippen molar-refractivity contribution in [1.29, 1.82) is 0 Å². The zero-order valence-corrected chi connectivity index (χ0v) is 12.8. The third kappa shape index (κ3) is 4.80. The van der Waals surface area contributed by atoms with E-state index < -0.39 is 0 Å². The summed E-state index contributed by atoms with van der Waals surface area (Å²) in [6, 6.07) is 7.46. The average Bonchev–Trinajstić information content (AvgIpc) is 2.34. The first-order valence-corrected chi connectivity index (χ1v) is 7.03. The van der Waals surface area contributed by atoms with Gasteiger partial charge in [0.1, 0.15) is 0 Å². The summed E-state index contributed by atoms with van der Waals surface area (Å²) in [6.45, 7) is 2.51. The van der Waals surface area contributed by atoms with Crippen LogP contribution < -0.4 is 5.73 Å². The molecule has 0 saturated carbocycles. The number of nitrogens with two attached hydrogens (primary N) is 1. The number of rotatable bonds is 6. The lowest BCUT2D eigenvalue weighted by Crippen LogP contribution is -2.38. The molecule has 104 valence electrons. The van der Waals surface area contributed by atoms with Crippen LogP contribution in [0.2, 0.25) is 5.02 Å². The summed E-state index contributed by atoms with van der Waals surface area (Å²) < 4.78 is 0. The molecule has 0 aliphatic heterocycles. The lowest BCUT2D eigenvalue weighted by atomic mass is 10.0. The molecule has 19 heavy (non-hydrogen) atoms. The van der Waals surface area contributed by atoms with Crippen LogP contribution in [0.5, 0.6) is 0 Å². The summed E-state index contributed by atoms with van der Waals surface area (Å²) >= 11 is 10.9. The monoisotopic (exact) mass is 298 g/mol. The zero-order valence-electron chi connectivity index (χ0n) is 11.2. The summed E-state index contributed by atoms with van der Waals surface area (Å²) in [4.78, 5) is 14.2. The molecule has 2 N–H and O–H groups in total. The highest BCUT2D eigenvalue weighted by molar-refractivity contribution is 7.80. The van der Waals surface area contributed by atoms with Gasteiger partial charge in [0.15, 0.2) is 0 Å². The van der Waals surface area contributed by atoms with Crippen molar-refractivity contribution >= 4 is 34.7 Å². The van der Waals surface area contributed by atoms with Gasteiger partial charge in [0.25, 0.3) is 0 Å². The molecule has 5 heteroatoms. The fourth-order valence-electron chi connectivity index (χ4n) is 1.93. The molecule has 3 nitrogen and oxygen atoms in total. The van der Waals surface area contributed by atoms with Crippen LogP contribution in [-0.2, 0) is 11.3 Å². The van der Waals surface area contributed by atoms with Gasteiger partial charge in [-0.2, -0.15) is 0 Å². The fraction of sp³-hybridized carbons (Fsp3) is 0.429. The van der Waals surface area contributed by atoms with Gasteiger partial charge in [0.2, 0.25) is 5.91 Å². The van der Waals surface area contributed by atoms with Gasteiger partial charge in [0, 0.05) is 18.6 Å². The molecule has 0 aromatic heterocycles. The minimum absolute atomic E-state index is 0.0330. The van der Waals surface area contributed by atoms with Crippen molar-refractivity contribution in [3.63, 3.8) is 0 Å². The van der Waals surface area contributed by atoms with Crippen LogP contribution in [0.1, 0.15) is 25.3 Å². The van der Waals surface area contributed by atoms with E-state index in [1.54, 1.807) is 11.9 Å². The second-order valence-corrected chi connectivity index (χ2v) is 5.48. The van der Waals surface area contributed by atoms with Gasteiger partial charge in [-0.05, 0) is 24.1 Å². The average molecular weight is 299 g/mol. The van der Waals surface area contributed by atoms with E-state index in [4.69, 9.17) is 29.6 Å². The van der Waals surface area contributed by atoms with Gasteiger partial charge in [-0.25, -0.2) is 0 Å². The smallest absolute Gasteiger partial charge is 0.232 e. The van der Waals surface area contributed by atoms with Crippen molar-refractivity contribution in [3.8, 4) is 0 Å². The zero-order chi connectivity index (χ0) is 14.4. The lowest BCUT2D eigenvalue weighted by molar-refractivity contribution is -0.132. The standard InChI is InChI=1S/C14H19ClN2OS/c1-3-5-12(13(16)19)14(18)17(2)9-10-6-4-7-11(15)8-10/h4,6-8,12H,3,5,9H2,1-2H3,(H2,16,19). The molecule has 1 atom stereocenters. The third-order valence-electron chi connectivity index (χ3n) is 2.90. The Kier molecular flexibility index (Phi) is 6.25. The molecule has 0 saturated heterocycles. The number of carbonyl (C=O) groups excluding carboxylic acids is 1. The number of hydrogen-bond donors (Lipinski definition) is 1. The summed E-state index contributed by atoms with van der Waals surface area (Å²) in [6.07, 6.45) is 1.56. The van der Waals surface area contributed by atoms with E-state index in [1.165, 1.54) is 0 Å². The fourth-order valence-corrected chi connectivity index (χ4v) is 2.36. The van der Waals surface area contributed by atoms with Gasteiger partial charge in [-0.3, -0.25) is 4.79 Å². The second-order valence-electron chi connectivity index (χ2n) is 4.57. The summed E-state index contributed by atoms with van der Waals surface area (Å²) in [7, 11) is 1.75. The molecule has 1 amide bonds. The Morgan fingerprint density at radius 2 is 2.21 bits per heavy atom. The van der Waals surface area contributed by atoms with Crippen molar-refractivity contribution < 1.29 is 4.79 Å². The Bertz CT molecular complexity index is 465. The van der Waals surface area contributed by atoms with Crippen molar-refractivity contribution in [2.75, 3.05) is 7.05 Å². The Hall–Kier alpha value is -1.13. The molecule has 1 aromatic carbocycles. The van der Waals surface area contributed by atoms with Crippen LogP contribution in [0.4, 0.5) is 0 Å². The molecule has 1 rings (SSSR count). The third-order valence-corrected chi connectivity index (χ3v) is 3.42. The molecule has 1 unspecified atom stereocenters. The van der Waals surface area contributed by atoms with Crippen molar-refractivity contribution in [1.82, 2.24) is 4.90 Å². The maximum Gasteiger partial charge on any atom is 0.232 e. The van der Waals surface area contributed by atoms with Gasteiger partial charge < -0.3 is 10.6 Å². The maximum absolute atomic E-state index is 12.3. The highest BCUT2D eigenvalue weighted by atomic mass is 35.5. The molecule has 0 bridgehead atoms. The normalized spacial score (nSPS) is 11.9. The molecular weight excluding hydrogens is 280 g/mol. The van der Waals surface area contributed by atoms with E-state index in [1.807, 2.05) is 31.2 Å². The number of amides is 1. The minimum Gasteiger partial charge on any atom is -0.393 e. The second kappa shape index (κ2) is 7.46. The number of benzene rings is 1. The highest BCUT2D eigenvalue weighted by Gasteiger charge is 2.23. The Morgan fingerprint density at radius 3 is 2.74 bits per heavy atom. The van der Waals surface area contributed by atoms with Gasteiger partial charge in [0.05, 0.1) is 10.9 Å². The van der Waals surface area contributed by atoms with Gasteiger partial charge in [-0.1, -0.05) is 49.3 Å². The first-order chi connectivity index (χ1) is 8.95. The lowest BCUT2D eigenvalue weighted by Gasteiger charge is -2.23. The van der Waals surface area contributed by atoms with E-state index >= 15 is 0 Å². The van der Waals surface area contributed by atoms with Crippen LogP contribution in [0, 0.1) is 5.92 Å². The van der Waals surface area contributed by atoms with E-state index in [9.17, 15) is 4.79 Å². The SMILES string of the molecule is CCCC(C(=O)N(C)Cc1cccc(Cl)c1)C(N)=S. The number of nitrogens with zero attached hydrogens (tertiary/aromatic N) is 1. The molecule has 0 radical (unpaired) electrons. The van der Waals surface area contributed by atoms with Crippen LogP contribution >= 0.6 is 23.8 Å². The number of halogens is 1. The summed E-state index contributed by atoms with van der Waals surface area (Å²) in [5, 5.41) is 0.665. The Morgan fingerprint density at radius 1 is 1.53 bits per heavy atom. The largest absolute Gasteiger partial charge is 0.393 e. The predicted molar refractivity (Wildman–Crippen MR) is 83.1 cm³/mol. The van der Waals surface area contributed by atoms with Crippen molar-refractivity contribution in [3.05, 3.63) is 34.9 Å². The number of hydrogen-bond acceptors (Lipinski definition) is 2. The van der Waals surface area contributed by atoms with Gasteiger partial charge >= 0.3 is 0 Å². The quantitative estimate of drug-likeness (QED) is 0.821. The Labute approximate surface area is 124 Å². The van der Waals surface area contributed by atoms with E-state index in [0.29, 0.717) is 18.0 Å².